The van der Waals surface area contributed by atoms with Crippen molar-refractivity contribution in [2.75, 3.05) is 0 Å². The number of para-hydroxylation sites is 2. The zero-order valence-corrected chi connectivity index (χ0v) is 26.7. The second-order valence-electron chi connectivity index (χ2n) is 12.3. The monoisotopic (exact) mass is 635 g/mol. The van der Waals surface area contributed by atoms with Gasteiger partial charge in [0.1, 0.15) is 0 Å². The van der Waals surface area contributed by atoms with Gasteiger partial charge in [0.2, 0.25) is 0 Å². The van der Waals surface area contributed by atoms with Crippen LogP contribution in [-0.4, -0.2) is 9.13 Å². The number of benzene rings is 7. The summed E-state index contributed by atoms with van der Waals surface area (Å²) in [6.07, 6.45) is 0. The molecule has 0 spiro atoms. The Bertz CT molecular complexity index is 2960. The zero-order valence-electron chi connectivity index (χ0n) is 26.7. The van der Waals surface area contributed by atoms with Crippen molar-refractivity contribution in [1.82, 2.24) is 9.13 Å². The normalized spacial score (nSPS) is 11.1. The maximum absolute atomic E-state index is 10.4. The second kappa shape index (κ2) is 11.4. The lowest BCUT2D eigenvalue weighted by Crippen LogP contribution is -2.00. The second-order valence-corrected chi connectivity index (χ2v) is 12.3. The molecule has 5 heteroatoms. The maximum Gasteiger partial charge on any atom is 0.0992 e. The summed E-state index contributed by atoms with van der Waals surface area (Å²) in [5, 5.41) is 33.9. The van der Waals surface area contributed by atoms with E-state index in [1.165, 1.54) is 0 Å². The fourth-order valence-electron chi connectivity index (χ4n) is 7.46. The number of aromatic nitrogens is 2. The molecule has 5 nitrogen and oxygen atoms in total. The molecule has 0 radical (unpaired) electrons. The summed E-state index contributed by atoms with van der Waals surface area (Å²) in [6.45, 7) is 0. The molecule has 0 N–H and O–H groups in total. The highest BCUT2D eigenvalue weighted by Crippen LogP contribution is 2.42. The largest absolute Gasteiger partial charge is 0.309 e. The Kier molecular flexibility index (Phi) is 6.56. The van der Waals surface area contributed by atoms with Gasteiger partial charge in [-0.15, -0.1) is 0 Å². The molecule has 230 valence electrons. The van der Waals surface area contributed by atoms with Gasteiger partial charge >= 0.3 is 0 Å². The van der Waals surface area contributed by atoms with Crippen LogP contribution < -0.4 is 0 Å². The van der Waals surface area contributed by atoms with Crippen LogP contribution in [0.3, 0.4) is 0 Å². The Hall–Kier alpha value is -7.39. The highest BCUT2D eigenvalue weighted by Gasteiger charge is 2.21. The van der Waals surface area contributed by atoms with Crippen LogP contribution in [0.15, 0.2) is 152 Å². The molecular formula is C45H25N5. The van der Waals surface area contributed by atoms with Gasteiger partial charge in [-0.05, 0) is 89.5 Å². The van der Waals surface area contributed by atoms with E-state index >= 15 is 0 Å². The molecule has 0 bridgehead atoms. The van der Waals surface area contributed by atoms with Gasteiger partial charge in [0.05, 0.1) is 62.7 Å². The molecule has 0 amide bonds. The first kappa shape index (κ1) is 28.8. The quantitative estimate of drug-likeness (QED) is 0.193. The molecule has 0 aliphatic heterocycles. The van der Waals surface area contributed by atoms with Crippen LogP contribution in [0.5, 0.6) is 0 Å². The molecule has 0 saturated heterocycles. The highest BCUT2D eigenvalue weighted by atomic mass is 15.0. The van der Waals surface area contributed by atoms with E-state index in [9.17, 15) is 15.8 Å². The van der Waals surface area contributed by atoms with Gasteiger partial charge in [-0.2, -0.15) is 15.8 Å². The van der Waals surface area contributed by atoms with E-state index in [4.69, 9.17) is 0 Å². The minimum Gasteiger partial charge on any atom is -0.309 e. The van der Waals surface area contributed by atoms with Gasteiger partial charge in [0.25, 0.3) is 0 Å². The average molecular weight is 636 g/mol. The van der Waals surface area contributed by atoms with E-state index in [-0.39, 0.29) is 0 Å². The lowest BCUT2D eigenvalue weighted by atomic mass is 9.91. The summed E-state index contributed by atoms with van der Waals surface area (Å²) in [7, 11) is 0. The van der Waals surface area contributed by atoms with Crippen molar-refractivity contribution in [3.63, 3.8) is 0 Å². The summed E-state index contributed by atoms with van der Waals surface area (Å²) in [5.41, 5.74) is 11.6. The average Bonchev–Trinajstić information content (AvgIpc) is 3.69. The van der Waals surface area contributed by atoms with Crippen LogP contribution in [0, 0.1) is 34.0 Å². The van der Waals surface area contributed by atoms with Crippen molar-refractivity contribution in [1.29, 1.82) is 15.8 Å². The third-order valence-electron chi connectivity index (χ3n) is 9.57. The van der Waals surface area contributed by atoms with Crippen molar-refractivity contribution < 1.29 is 0 Å². The summed E-state index contributed by atoms with van der Waals surface area (Å²) >= 11 is 0. The Morgan fingerprint density at radius 3 is 1.58 bits per heavy atom. The molecule has 0 atom stereocenters. The molecular weight excluding hydrogens is 611 g/mol. The topological polar surface area (TPSA) is 81.2 Å². The first-order valence-electron chi connectivity index (χ1n) is 16.3. The van der Waals surface area contributed by atoms with Gasteiger partial charge in [-0.25, -0.2) is 0 Å². The third kappa shape index (κ3) is 4.38. The van der Waals surface area contributed by atoms with E-state index in [2.05, 4.69) is 88.0 Å². The fourth-order valence-corrected chi connectivity index (χ4v) is 7.46. The molecule has 0 fully saturated rings. The van der Waals surface area contributed by atoms with Gasteiger partial charge in [0.15, 0.2) is 0 Å². The van der Waals surface area contributed by atoms with Gasteiger partial charge in [0, 0.05) is 32.8 Å². The molecule has 2 heterocycles. The molecule has 2 aromatic heterocycles. The molecule has 9 rings (SSSR count). The Balaban J connectivity index is 1.36. The SMILES string of the molecule is N#Cc1cc(-c2cccc(-n3c4ccccc4c4cc(C#N)ccc43)c2-c2ccccc2)cc(-n2c3ccccc3c3cc(C#N)ccc32)c1. The first-order valence-corrected chi connectivity index (χ1v) is 16.3. The Labute approximate surface area is 287 Å². The molecule has 0 aliphatic rings. The Morgan fingerprint density at radius 1 is 0.380 bits per heavy atom. The van der Waals surface area contributed by atoms with Crippen LogP contribution in [0.4, 0.5) is 0 Å². The molecule has 9 aromatic rings. The van der Waals surface area contributed by atoms with Crippen LogP contribution in [-0.2, 0) is 0 Å². The van der Waals surface area contributed by atoms with Gasteiger partial charge < -0.3 is 9.13 Å². The summed E-state index contributed by atoms with van der Waals surface area (Å²) < 4.78 is 4.47. The summed E-state index contributed by atoms with van der Waals surface area (Å²) in [6, 6.07) is 57.9. The van der Waals surface area contributed by atoms with Crippen molar-refractivity contribution in [2.24, 2.45) is 0 Å². The summed E-state index contributed by atoms with van der Waals surface area (Å²) in [5.74, 6) is 0. The zero-order chi connectivity index (χ0) is 33.8. The van der Waals surface area contributed by atoms with Crippen molar-refractivity contribution >= 4 is 43.6 Å². The third-order valence-corrected chi connectivity index (χ3v) is 9.57. The van der Waals surface area contributed by atoms with E-state index in [1.54, 1.807) is 0 Å². The molecule has 0 saturated carbocycles. The predicted molar refractivity (Wildman–Crippen MR) is 200 cm³/mol. The number of rotatable bonds is 4. The van der Waals surface area contributed by atoms with E-state index < -0.39 is 0 Å². The number of nitrogens with zero attached hydrogens (tertiary/aromatic N) is 5. The Morgan fingerprint density at radius 2 is 0.940 bits per heavy atom. The van der Waals surface area contributed by atoms with Crippen molar-refractivity contribution in [3.05, 3.63) is 168 Å². The van der Waals surface area contributed by atoms with Crippen molar-refractivity contribution in [3.8, 4) is 51.8 Å². The molecule has 0 aliphatic carbocycles. The predicted octanol–water partition coefficient (Wildman–Crippen LogP) is 10.8. The van der Waals surface area contributed by atoms with Gasteiger partial charge in [-0.3, -0.25) is 0 Å². The molecule has 0 unspecified atom stereocenters. The highest BCUT2D eigenvalue weighted by molar-refractivity contribution is 6.11. The number of nitriles is 3. The minimum absolute atomic E-state index is 0.544. The van der Waals surface area contributed by atoms with Crippen LogP contribution >= 0.6 is 0 Å². The standard InChI is InChI=1S/C45H25N5/c46-26-29-17-19-42-38(23-29)36-11-4-6-14-40(36)49(42)34-22-31(28-48)21-33(25-34)35-13-8-16-44(45(35)32-9-2-1-3-10-32)50-41-15-7-5-12-37(41)39-24-30(27-47)18-20-43(39)50/h1-25H. The first-order chi connectivity index (χ1) is 24.7. The maximum atomic E-state index is 10.4. The summed E-state index contributed by atoms with van der Waals surface area (Å²) in [4.78, 5) is 0. The van der Waals surface area contributed by atoms with Gasteiger partial charge in [-0.1, -0.05) is 78.9 Å². The van der Waals surface area contributed by atoms with E-state index in [0.717, 1.165) is 77.2 Å². The van der Waals surface area contributed by atoms with Crippen LogP contribution in [0.25, 0.3) is 77.2 Å². The number of hydrogen-bond acceptors (Lipinski definition) is 3. The van der Waals surface area contributed by atoms with E-state index in [1.807, 2.05) is 91.0 Å². The smallest absolute Gasteiger partial charge is 0.0992 e. The van der Waals surface area contributed by atoms with Crippen molar-refractivity contribution in [2.45, 2.75) is 0 Å². The minimum atomic E-state index is 0.544. The lowest BCUT2D eigenvalue weighted by molar-refractivity contribution is 1.17. The number of hydrogen-bond donors (Lipinski definition) is 0. The molecule has 7 aromatic carbocycles. The molecule has 50 heavy (non-hydrogen) atoms. The van der Waals surface area contributed by atoms with Crippen LogP contribution in [0.1, 0.15) is 16.7 Å². The van der Waals surface area contributed by atoms with E-state index in [0.29, 0.717) is 16.7 Å². The number of fused-ring (bicyclic) bond motifs is 6. The fraction of sp³-hybridized carbons (Fsp3) is 0. The lowest BCUT2D eigenvalue weighted by Gasteiger charge is -2.19. The van der Waals surface area contributed by atoms with Crippen LogP contribution in [0.2, 0.25) is 0 Å².